The van der Waals surface area contributed by atoms with Crippen molar-refractivity contribution in [1.82, 2.24) is 20.5 Å². The van der Waals surface area contributed by atoms with Crippen LogP contribution in [0.15, 0.2) is 54.6 Å². The van der Waals surface area contributed by atoms with Gasteiger partial charge in [0, 0.05) is 32.1 Å². The molecule has 0 saturated carbocycles. The van der Waals surface area contributed by atoms with E-state index in [1.807, 2.05) is 75.4 Å². The molecule has 0 spiro atoms. The molecule has 2 aromatic carbocycles. The molecule has 43 heavy (non-hydrogen) atoms. The van der Waals surface area contributed by atoms with Crippen LogP contribution in [-0.4, -0.2) is 65.5 Å². The molecule has 4 rings (SSSR count). The molecule has 1 aromatic heterocycles. The number of hydrogen-bond donors (Lipinski definition) is 2. The van der Waals surface area contributed by atoms with Crippen LogP contribution in [0.25, 0.3) is 10.2 Å². The van der Waals surface area contributed by atoms with Crippen LogP contribution in [0.4, 0.5) is 9.59 Å². The smallest absolute Gasteiger partial charge is 0.410 e. The quantitative estimate of drug-likeness (QED) is 0.273. The first-order valence-electron chi connectivity index (χ1n) is 14.7. The number of ketones is 1. The predicted octanol–water partition coefficient (Wildman–Crippen LogP) is 5.57. The van der Waals surface area contributed by atoms with Crippen molar-refractivity contribution < 1.29 is 28.7 Å². The summed E-state index contributed by atoms with van der Waals surface area (Å²) in [5.74, 6) is -1.09. The van der Waals surface area contributed by atoms with Crippen LogP contribution in [0.1, 0.15) is 61.8 Å². The highest BCUT2D eigenvalue weighted by Crippen LogP contribution is 2.26. The molecular weight excluding hydrogens is 568 g/mol. The molecule has 1 unspecified atom stereocenters. The minimum Gasteiger partial charge on any atom is -0.445 e. The second-order valence-corrected chi connectivity index (χ2v) is 12.7. The van der Waals surface area contributed by atoms with Crippen LogP contribution in [0.2, 0.25) is 0 Å². The minimum atomic E-state index is -0.607. The maximum atomic E-state index is 13.5. The number of piperidine rings is 1. The maximum absolute atomic E-state index is 13.5. The number of hydrogen-bond acceptors (Lipinski definition) is 8. The van der Waals surface area contributed by atoms with Crippen LogP contribution >= 0.6 is 11.3 Å². The molecule has 3 amide bonds. The zero-order valence-corrected chi connectivity index (χ0v) is 25.8. The number of Topliss-reactive ketones (excluding diaryl/α,β-unsaturated/α-hetero) is 1. The van der Waals surface area contributed by atoms with E-state index in [1.165, 1.54) is 11.3 Å². The molecule has 1 aliphatic heterocycles. The molecule has 3 aromatic rings. The molecule has 1 aliphatic rings. The van der Waals surface area contributed by atoms with E-state index in [2.05, 4.69) is 15.6 Å². The van der Waals surface area contributed by atoms with Crippen molar-refractivity contribution in [2.24, 2.45) is 11.8 Å². The summed E-state index contributed by atoms with van der Waals surface area (Å²) in [5.41, 5.74) is 1.03. The minimum absolute atomic E-state index is 0.122. The first-order valence-corrected chi connectivity index (χ1v) is 15.5. The zero-order chi connectivity index (χ0) is 30.8. The third-order valence-corrected chi connectivity index (χ3v) is 8.14. The van der Waals surface area contributed by atoms with E-state index in [1.54, 1.807) is 4.90 Å². The standard InChI is InChI=1S/C32H40N4O6S/c1-32(2,3)42-31(40)36-19-9-12-24(20-36)28(38)33-17-15-23(27(37)29-35-25-13-7-8-14-26(25)43-29)16-18-34-30(39)41-21-22-10-5-4-6-11-22/h4-8,10-11,13-14,23-24H,9,12,15-21H2,1-3H3,(H,33,38)(H,34,39)/t23?,24-/m1/s1. The van der Waals surface area contributed by atoms with Crippen molar-refractivity contribution in [3.05, 3.63) is 65.2 Å². The summed E-state index contributed by atoms with van der Waals surface area (Å²) in [6.07, 6.45) is 1.15. The van der Waals surface area contributed by atoms with E-state index in [0.29, 0.717) is 43.8 Å². The third-order valence-electron chi connectivity index (χ3n) is 7.09. The van der Waals surface area contributed by atoms with Gasteiger partial charge in [-0.2, -0.15) is 0 Å². The first kappa shape index (κ1) is 31.9. The van der Waals surface area contributed by atoms with Crippen molar-refractivity contribution >= 4 is 45.4 Å². The zero-order valence-electron chi connectivity index (χ0n) is 25.0. The number of ether oxygens (including phenoxy) is 2. The van der Waals surface area contributed by atoms with Gasteiger partial charge in [0.15, 0.2) is 10.8 Å². The summed E-state index contributed by atoms with van der Waals surface area (Å²) in [6, 6.07) is 17.0. The van der Waals surface area contributed by atoms with Gasteiger partial charge in [-0.25, -0.2) is 14.6 Å². The number of para-hydroxylation sites is 1. The van der Waals surface area contributed by atoms with Crippen LogP contribution in [0.5, 0.6) is 0 Å². The number of amides is 3. The number of likely N-dealkylation sites (tertiary alicyclic amines) is 1. The monoisotopic (exact) mass is 608 g/mol. The summed E-state index contributed by atoms with van der Waals surface area (Å²) in [6.45, 7) is 6.95. The normalized spacial score (nSPS) is 15.9. The number of benzene rings is 2. The Morgan fingerprint density at radius 2 is 1.70 bits per heavy atom. The third kappa shape index (κ3) is 9.77. The van der Waals surface area contributed by atoms with Crippen molar-refractivity contribution in [3.8, 4) is 0 Å². The fourth-order valence-electron chi connectivity index (χ4n) is 4.88. The van der Waals surface area contributed by atoms with Crippen molar-refractivity contribution in [3.63, 3.8) is 0 Å². The molecule has 2 atom stereocenters. The molecule has 230 valence electrons. The van der Waals surface area contributed by atoms with Gasteiger partial charge in [0.25, 0.3) is 0 Å². The van der Waals surface area contributed by atoms with Gasteiger partial charge in [0.2, 0.25) is 5.91 Å². The Morgan fingerprint density at radius 3 is 2.42 bits per heavy atom. The molecule has 2 heterocycles. The molecular formula is C32H40N4O6S. The number of aromatic nitrogens is 1. The highest BCUT2D eigenvalue weighted by molar-refractivity contribution is 7.20. The summed E-state index contributed by atoms with van der Waals surface area (Å²) < 4.78 is 11.7. The number of carbonyl (C=O) groups excluding carboxylic acids is 4. The Labute approximate surface area is 256 Å². The topological polar surface area (TPSA) is 127 Å². The molecule has 1 fully saturated rings. The van der Waals surface area contributed by atoms with E-state index in [-0.39, 0.29) is 37.3 Å². The highest BCUT2D eigenvalue weighted by Gasteiger charge is 2.31. The molecule has 0 radical (unpaired) electrons. The Kier molecular flexibility index (Phi) is 11.1. The predicted molar refractivity (Wildman–Crippen MR) is 165 cm³/mol. The fourth-order valence-corrected chi connectivity index (χ4v) is 5.86. The lowest BCUT2D eigenvalue weighted by Gasteiger charge is -2.33. The second-order valence-electron chi connectivity index (χ2n) is 11.7. The lowest BCUT2D eigenvalue weighted by atomic mass is 9.95. The Bertz CT molecular complexity index is 1370. The number of nitrogens with one attached hydrogen (secondary N) is 2. The second kappa shape index (κ2) is 15.0. The van der Waals surface area contributed by atoms with E-state index in [4.69, 9.17) is 9.47 Å². The molecule has 0 bridgehead atoms. The van der Waals surface area contributed by atoms with Gasteiger partial charge < -0.3 is 25.0 Å². The largest absolute Gasteiger partial charge is 0.445 e. The van der Waals surface area contributed by atoms with Crippen LogP contribution in [0.3, 0.4) is 0 Å². The number of alkyl carbamates (subject to hydrolysis) is 1. The van der Waals surface area contributed by atoms with E-state index in [0.717, 1.165) is 15.8 Å². The highest BCUT2D eigenvalue weighted by atomic mass is 32.1. The van der Waals surface area contributed by atoms with Crippen molar-refractivity contribution in [2.75, 3.05) is 26.2 Å². The number of thiazole rings is 1. The first-order chi connectivity index (χ1) is 20.6. The summed E-state index contributed by atoms with van der Waals surface area (Å²) in [4.78, 5) is 57.5. The van der Waals surface area contributed by atoms with Gasteiger partial charge >= 0.3 is 12.2 Å². The number of carbonyl (C=O) groups is 4. The van der Waals surface area contributed by atoms with Gasteiger partial charge in [0.05, 0.1) is 16.1 Å². The Morgan fingerprint density at radius 1 is 1.00 bits per heavy atom. The van der Waals surface area contributed by atoms with E-state index in [9.17, 15) is 19.2 Å². The van der Waals surface area contributed by atoms with E-state index >= 15 is 0 Å². The average Bonchev–Trinajstić information content (AvgIpc) is 3.43. The van der Waals surface area contributed by atoms with Crippen molar-refractivity contribution in [2.45, 2.75) is 58.7 Å². The summed E-state index contributed by atoms with van der Waals surface area (Å²) in [7, 11) is 0. The SMILES string of the molecule is CC(C)(C)OC(=O)N1CCC[C@@H](C(=O)NCCC(CCNC(=O)OCc2ccccc2)C(=O)c2nc3ccccc3s2)C1. The molecule has 0 aliphatic carbocycles. The van der Waals surface area contributed by atoms with Crippen LogP contribution < -0.4 is 10.6 Å². The number of nitrogens with zero attached hydrogens (tertiary/aromatic N) is 2. The summed E-state index contributed by atoms with van der Waals surface area (Å²) in [5, 5.41) is 6.10. The molecule has 10 nitrogen and oxygen atoms in total. The van der Waals surface area contributed by atoms with Crippen molar-refractivity contribution in [1.29, 1.82) is 0 Å². The van der Waals surface area contributed by atoms with E-state index < -0.39 is 23.7 Å². The van der Waals surface area contributed by atoms with Gasteiger partial charge in [-0.1, -0.05) is 42.5 Å². The van der Waals surface area contributed by atoms with Crippen LogP contribution in [0, 0.1) is 11.8 Å². The maximum Gasteiger partial charge on any atom is 0.410 e. The van der Waals surface area contributed by atoms with Gasteiger partial charge in [-0.15, -0.1) is 11.3 Å². The number of rotatable bonds is 11. The lowest BCUT2D eigenvalue weighted by Crippen LogP contribution is -2.47. The Hall–Kier alpha value is -3.99. The van der Waals surface area contributed by atoms with Crippen LogP contribution in [-0.2, 0) is 20.9 Å². The lowest BCUT2D eigenvalue weighted by molar-refractivity contribution is -0.126. The average molecular weight is 609 g/mol. The van der Waals surface area contributed by atoms with Gasteiger partial charge in [-0.05, 0) is 64.2 Å². The summed E-state index contributed by atoms with van der Waals surface area (Å²) >= 11 is 1.34. The molecule has 2 N–H and O–H groups in total. The fraction of sp³-hybridized carbons (Fsp3) is 0.469. The Balaban J connectivity index is 1.31. The van der Waals surface area contributed by atoms with Gasteiger partial charge in [0.1, 0.15) is 12.2 Å². The van der Waals surface area contributed by atoms with Gasteiger partial charge in [-0.3, -0.25) is 9.59 Å². The molecule has 11 heteroatoms. The number of fused-ring (bicyclic) bond motifs is 1. The molecule has 1 saturated heterocycles.